The van der Waals surface area contributed by atoms with Crippen molar-refractivity contribution in [1.82, 2.24) is 4.90 Å². The first kappa shape index (κ1) is 14.8. The summed E-state index contributed by atoms with van der Waals surface area (Å²) in [6.45, 7) is 3.16. The normalized spacial score (nSPS) is 18.0. The Kier molecular flexibility index (Phi) is 4.08. The van der Waals surface area contributed by atoms with Crippen LogP contribution in [0, 0.1) is 11.3 Å². The summed E-state index contributed by atoms with van der Waals surface area (Å²) >= 11 is 0. The Balaban J connectivity index is 2.51. The molecular formula is C16H16N2O3. The first-order valence-corrected chi connectivity index (χ1v) is 6.72. The van der Waals surface area contributed by atoms with Gasteiger partial charge in [-0.05, 0) is 24.5 Å². The second-order valence-corrected chi connectivity index (χ2v) is 4.91. The molecule has 2 rings (SSSR count). The van der Waals surface area contributed by atoms with Crippen LogP contribution in [0.15, 0.2) is 35.6 Å². The van der Waals surface area contributed by atoms with Crippen molar-refractivity contribution >= 4 is 11.7 Å². The molecule has 1 unspecified atom stereocenters. The number of Topliss-reactive ketones (excluding diaryl/α,β-unsaturated/α-hetero) is 1. The van der Waals surface area contributed by atoms with Crippen LogP contribution in [0.2, 0.25) is 0 Å². The number of amides is 1. The van der Waals surface area contributed by atoms with E-state index in [1.807, 2.05) is 37.3 Å². The van der Waals surface area contributed by atoms with Crippen LogP contribution in [0.5, 0.6) is 0 Å². The molecule has 0 saturated heterocycles. The summed E-state index contributed by atoms with van der Waals surface area (Å²) in [6, 6.07) is 8.68. The number of benzene rings is 1. The van der Waals surface area contributed by atoms with E-state index in [-0.39, 0.29) is 17.9 Å². The zero-order valence-corrected chi connectivity index (χ0v) is 12.0. The lowest BCUT2D eigenvalue weighted by Crippen LogP contribution is -2.31. The highest BCUT2D eigenvalue weighted by Gasteiger charge is 2.42. The van der Waals surface area contributed by atoms with Crippen molar-refractivity contribution in [3.63, 3.8) is 0 Å². The number of aliphatic hydroxyl groups is 1. The molecule has 1 aromatic rings. The zero-order valence-electron chi connectivity index (χ0n) is 12.0. The second-order valence-electron chi connectivity index (χ2n) is 4.91. The van der Waals surface area contributed by atoms with Gasteiger partial charge in [-0.15, -0.1) is 0 Å². The summed E-state index contributed by atoms with van der Waals surface area (Å²) in [5, 5.41) is 18.8. The topological polar surface area (TPSA) is 81.4 Å². The molecule has 108 valence electrons. The van der Waals surface area contributed by atoms with Crippen molar-refractivity contribution < 1.29 is 14.7 Å². The molecule has 0 fully saturated rings. The maximum atomic E-state index is 12.0. The first-order chi connectivity index (χ1) is 10.0. The number of aliphatic hydroxyl groups excluding tert-OH is 1. The number of nitriles is 1. The molecule has 0 spiro atoms. The summed E-state index contributed by atoms with van der Waals surface area (Å²) in [5.41, 5.74) is 1.90. The van der Waals surface area contributed by atoms with Crippen LogP contribution >= 0.6 is 0 Å². The van der Waals surface area contributed by atoms with Gasteiger partial charge < -0.3 is 10.0 Å². The van der Waals surface area contributed by atoms with E-state index in [1.165, 1.54) is 11.8 Å². The number of carbonyl (C=O) groups is 2. The molecule has 0 aliphatic carbocycles. The Bertz CT molecular complexity index is 653. The highest BCUT2D eigenvalue weighted by Crippen LogP contribution is 2.37. The lowest BCUT2D eigenvalue weighted by atomic mass is 9.95. The minimum Gasteiger partial charge on any atom is -0.503 e. The molecule has 5 nitrogen and oxygen atoms in total. The molecule has 0 bridgehead atoms. The quantitative estimate of drug-likeness (QED) is 0.858. The molecule has 0 saturated carbocycles. The summed E-state index contributed by atoms with van der Waals surface area (Å²) < 4.78 is 0. The van der Waals surface area contributed by atoms with Gasteiger partial charge in [-0.3, -0.25) is 9.59 Å². The van der Waals surface area contributed by atoms with Gasteiger partial charge in [0.05, 0.1) is 17.7 Å². The summed E-state index contributed by atoms with van der Waals surface area (Å²) in [4.78, 5) is 25.0. The van der Waals surface area contributed by atoms with E-state index in [0.717, 1.165) is 12.0 Å². The molecule has 1 N–H and O–H groups in total. The third-order valence-electron chi connectivity index (χ3n) is 3.63. The van der Waals surface area contributed by atoms with Crippen LogP contribution in [0.25, 0.3) is 0 Å². The fourth-order valence-electron chi connectivity index (χ4n) is 2.53. The molecule has 0 aromatic heterocycles. The number of hydrogen-bond donors (Lipinski definition) is 1. The first-order valence-electron chi connectivity index (χ1n) is 6.72. The molecular weight excluding hydrogens is 268 g/mol. The average molecular weight is 284 g/mol. The largest absolute Gasteiger partial charge is 0.503 e. The van der Waals surface area contributed by atoms with E-state index >= 15 is 0 Å². The van der Waals surface area contributed by atoms with Crippen molar-refractivity contribution in [1.29, 1.82) is 5.26 Å². The van der Waals surface area contributed by atoms with Crippen molar-refractivity contribution in [3.8, 4) is 6.07 Å². The van der Waals surface area contributed by atoms with Crippen LogP contribution in [0.1, 0.15) is 31.0 Å². The minimum absolute atomic E-state index is 0.0551. The van der Waals surface area contributed by atoms with Gasteiger partial charge in [0.1, 0.15) is 6.54 Å². The smallest absolute Gasteiger partial charge is 0.290 e. The van der Waals surface area contributed by atoms with E-state index in [4.69, 9.17) is 5.26 Å². The number of nitrogens with zero attached hydrogens (tertiary/aromatic N) is 2. The third kappa shape index (κ3) is 2.52. The fourth-order valence-corrected chi connectivity index (χ4v) is 2.53. The lowest BCUT2D eigenvalue weighted by Gasteiger charge is -2.24. The molecule has 1 atom stereocenters. The molecule has 1 aliphatic rings. The number of carbonyl (C=O) groups excluding carboxylic acids is 2. The van der Waals surface area contributed by atoms with E-state index in [9.17, 15) is 14.7 Å². The van der Waals surface area contributed by atoms with Gasteiger partial charge in [-0.25, -0.2) is 0 Å². The molecule has 1 aromatic carbocycles. The van der Waals surface area contributed by atoms with Crippen LogP contribution in [0.4, 0.5) is 0 Å². The Morgan fingerprint density at radius 3 is 2.48 bits per heavy atom. The van der Waals surface area contributed by atoms with Crippen LogP contribution in [-0.4, -0.2) is 28.2 Å². The molecule has 5 heteroatoms. The number of rotatable bonds is 4. The predicted molar refractivity (Wildman–Crippen MR) is 76.2 cm³/mol. The van der Waals surface area contributed by atoms with Crippen LogP contribution < -0.4 is 0 Å². The molecule has 0 radical (unpaired) electrons. The average Bonchev–Trinajstić information content (AvgIpc) is 2.73. The van der Waals surface area contributed by atoms with Crippen LogP contribution in [0.3, 0.4) is 0 Å². The zero-order chi connectivity index (χ0) is 15.6. The lowest BCUT2D eigenvalue weighted by molar-refractivity contribution is -0.128. The van der Waals surface area contributed by atoms with E-state index in [2.05, 4.69) is 0 Å². The number of aryl methyl sites for hydroxylation is 1. The number of ketones is 1. The van der Waals surface area contributed by atoms with Crippen molar-refractivity contribution in [2.75, 3.05) is 6.54 Å². The fraction of sp³-hybridized carbons (Fsp3) is 0.312. The van der Waals surface area contributed by atoms with E-state index < -0.39 is 17.7 Å². The third-order valence-corrected chi connectivity index (χ3v) is 3.63. The predicted octanol–water partition coefficient (Wildman–Crippen LogP) is 2.06. The van der Waals surface area contributed by atoms with E-state index in [0.29, 0.717) is 5.56 Å². The van der Waals surface area contributed by atoms with E-state index in [1.54, 1.807) is 0 Å². The molecule has 1 heterocycles. The summed E-state index contributed by atoms with van der Waals surface area (Å²) in [6.07, 6.45) is 0.881. The van der Waals surface area contributed by atoms with Gasteiger partial charge in [0.25, 0.3) is 5.91 Å². The standard InChI is InChI=1S/C16H16N2O3/c1-3-11-4-6-12(7-5-11)14-13(10(2)19)15(20)16(21)18(14)9-8-17/h4-7,14,20H,3,9H2,1-2H3. The van der Waals surface area contributed by atoms with Crippen LogP contribution in [-0.2, 0) is 16.0 Å². The Hall–Kier alpha value is -2.61. The monoisotopic (exact) mass is 284 g/mol. The maximum absolute atomic E-state index is 12.0. The highest BCUT2D eigenvalue weighted by molar-refractivity contribution is 6.08. The minimum atomic E-state index is -0.694. The van der Waals surface area contributed by atoms with Gasteiger partial charge in [0.15, 0.2) is 11.5 Å². The highest BCUT2D eigenvalue weighted by atomic mass is 16.3. The summed E-state index contributed by atoms with van der Waals surface area (Å²) in [7, 11) is 0. The molecule has 21 heavy (non-hydrogen) atoms. The van der Waals surface area contributed by atoms with Crippen molar-refractivity contribution in [2.24, 2.45) is 0 Å². The second kappa shape index (κ2) is 5.80. The Morgan fingerprint density at radius 1 is 1.38 bits per heavy atom. The molecule has 1 amide bonds. The van der Waals surface area contributed by atoms with Crippen molar-refractivity contribution in [2.45, 2.75) is 26.3 Å². The number of hydrogen-bond acceptors (Lipinski definition) is 4. The Labute approximate surface area is 123 Å². The SMILES string of the molecule is CCc1ccc(C2C(C(C)=O)=C(O)C(=O)N2CC#N)cc1. The van der Waals surface area contributed by atoms with Gasteiger partial charge in [-0.2, -0.15) is 5.26 Å². The van der Waals surface area contributed by atoms with Gasteiger partial charge >= 0.3 is 0 Å². The van der Waals surface area contributed by atoms with Gasteiger partial charge in [0, 0.05) is 0 Å². The molecule has 1 aliphatic heterocycles. The summed E-state index contributed by atoms with van der Waals surface area (Å²) in [5.74, 6) is -1.60. The maximum Gasteiger partial charge on any atom is 0.290 e. The van der Waals surface area contributed by atoms with Gasteiger partial charge in [0.2, 0.25) is 0 Å². The van der Waals surface area contributed by atoms with Crippen molar-refractivity contribution in [3.05, 3.63) is 46.7 Å². The van der Waals surface area contributed by atoms with Gasteiger partial charge in [-0.1, -0.05) is 31.2 Å². The Morgan fingerprint density at radius 2 is 2.00 bits per heavy atom.